The van der Waals surface area contributed by atoms with Crippen molar-refractivity contribution in [3.05, 3.63) is 64.9 Å². The number of halogens is 2. The van der Waals surface area contributed by atoms with Crippen LogP contribution < -0.4 is 10.6 Å². The van der Waals surface area contributed by atoms with Gasteiger partial charge in [-0.3, -0.25) is 4.99 Å². The molecule has 2 N–H and O–H groups in total. The first-order valence-electron chi connectivity index (χ1n) is 6.26. The van der Waals surface area contributed by atoms with Crippen LogP contribution in [-0.2, 0) is 0 Å². The quantitative estimate of drug-likeness (QED) is 0.921. The molecular formula is C15H13ClFN3. The molecule has 2 aromatic carbocycles. The van der Waals surface area contributed by atoms with Crippen LogP contribution in [0.15, 0.2) is 53.5 Å². The Morgan fingerprint density at radius 1 is 1.15 bits per heavy atom. The fourth-order valence-corrected chi connectivity index (χ4v) is 2.65. The predicted octanol–water partition coefficient (Wildman–Crippen LogP) is 3.36. The Morgan fingerprint density at radius 2 is 1.85 bits per heavy atom. The van der Waals surface area contributed by atoms with Crippen LogP contribution >= 0.6 is 11.6 Å². The predicted molar refractivity (Wildman–Crippen MR) is 79.6 cm³/mol. The Hall–Kier alpha value is -2.07. The van der Waals surface area contributed by atoms with Crippen molar-refractivity contribution in [2.75, 3.05) is 11.4 Å². The number of guanidine groups is 1. The van der Waals surface area contributed by atoms with Gasteiger partial charge in [-0.25, -0.2) is 4.39 Å². The van der Waals surface area contributed by atoms with Gasteiger partial charge in [0.25, 0.3) is 0 Å². The molecule has 0 aromatic heterocycles. The molecule has 0 fully saturated rings. The molecule has 20 heavy (non-hydrogen) atoms. The van der Waals surface area contributed by atoms with E-state index in [1.807, 2.05) is 18.2 Å². The number of hydrogen-bond donors (Lipinski definition) is 1. The van der Waals surface area contributed by atoms with Crippen LogP contribution in [0.4, 0.5) is 10.1 Å². The van der Waals surface area contributed by atoms with Crippen molar-refractivity contribution in [3.63, 3.8) is 0 Å². The molecule has 0 radical (unpaired) electrons. The standard InChI is InChI=1S/C15H13ClFN3/c16-11-6-2-4-8-13(11)20-14(9-19-15(20)18)10-5-1-3-7-12(10)17/h1-8,14H,9H2,(H2,18,19). The number of para-hydroxylation sites is 1. The first-order valence-corrected chi connectivity index (χ1v) is 6.64. The zero-order valence-corrected chi connectivity index (χ0v) is 11.4. The van der Waals surface area contributed by atoms with E-state index in [1.165, 1.54) is 6.07 Å². The van der Waals surface area contributed by atoms with Crippen LogP contribution in [0.25, 0.3) is 0 Å². The first kappa shape index (κ1) is 12.9. The van der Waals surface area contributed by atoms with Crippen LogP contribution in [0, 0.1) is 5.82 Å². The Morgan fingerprint density at radius 3 is 2.60 bits per heavy atom. The number of hydrogen-bond acceptors (Lipinski definition) is 3. The monoisotopic (exact) mass is 289 g/mol. The summed E-state index contributed by atoms with van der Waals surface area (Å²) in [6.45, 7) is 0.415. The highest BCUT2D eigenvalue weighted by Crippen LogP contribution is 2.35. The number of rotatable bonds is 2. The molecule has 0 amide bonds. The molecule has 0 spiro atoms. The lowest BCUT2D eigenvalue weighted by molar-refractivity contribution is 0.589. The average Bonchev–Trinajstić information content (AvgIpc) is 2.82. The SMILES string of the molecule is NC1=NCC(c2ccccc2F)N1c1ccccc1Cl. The molecule has 1 aliphatic rings. The van der Waals surface area contributed by atoms with E-state index in [0.717, 1.165) is 5.69 Å². The summed E-state index contributed by atoms with van der Waals surface area (Å²) in [7, 11) is 0. The summed E-state index contributed by atoms with van der Waals surface area (Å²) in [6.07, 6.45) is 0. The van der Waals surface area contributed by atoms with Crippen LogP contribution in [0.3, 0.4) is 0 Å². The van der Waals surface area contributed by atoms with E-state index in [-0.39, 0.29) is 11.9 Å². The molecule has 1 heterocycles. The molecule has 0 bridgehead atoms. The highest BCUT2D eigenvalue weighted by Gasteiger charge is 2.31. The first-order chi connectivity index (χ1) is 9.68. The van der Waals surface area contributed by atoms with Gasteiger partial charge >= 0.3 is 0 Å². The van der Waals surface area contributed by atoms with E-state index in [0.29, 0.717) is 23.1 Å². The van der Waals surface area contributed by atoms with E-state index in [9.17, 15) is 4.39 Å². The third-order valence-electron chi connectivity index (χ3n) is 3.36. The molecule has 0 aliphatic carbocycles. The van der Waals surface area contributed by atoms with Crippen LogP contribution in [0.1, 0.15) is 11.6 Å². The van der Waals surface area contributed by atoms with Gasteiger partial charge in [-0.2, -0.15) is 0 Å². The van der Waals surface area contributed by atoms with Crippen molar-refractivity contribution in [2.45, 2.75) is 6.04 Å². The molecule has 1 atom stereocenters. The van der Waals surface area contributed by atoms with Gasteiger partial charge in [0.15, 0.2) is 5.96 Å². The second-order valence-corrected chi connectivity index (χ2v) is 4.96. The molecule has 0 saturated carbocycles. The molecule has 0 saturated heterocycles. The smallest absolute Gasteiger partial charge is 0.196 e. The number of benzene rings is 2. The molecular weight excluding hydrogens is 277 g/mol. The van der Waals surface area contributed by atoms with Gasteiger partial charge in [0, 0.05) is 5.56 Å². The summed E-state index contributed by atoms with van der Waals surface area (Å²) in [5.74, 6) is 0.0887. The molecule has 3 nitrogen and oxygen atoms in total. The number of nitrogens with two attached hydrogens (primary N) is 1. The zero-order valence-electron chi connectivity index (χ0n) is 10.6. The van der Waals surface area contributed by atoms with Crippen molar-refractivity contribution < 1.29 is 4.39 Å². The minimum atomic E-state index is -0.268. The maximum absolute atomic E-state index is 14.0. The van der Waals surface area contributed by atoms with E-state index in [4.69, 9.17) is 17.3 Å². The van der Waals surface area contributed by atoms with Gasteiger partial charge in [-0.1, -0.05) is 41.9 Å². The molecule has 1 unspecified atom stereocenters. The minimum Gasteiger partial charge on any atom is -0.369 e. The van der Waals surface area contributed by atoms with Crippen LogP contribution in [0.2, 0.25) is 5.02 Å². The Bertz CT molecular complexity index is 672. The summed E-state index contributed by atoms with van der Waals surface area (Å²) >= 11 is 6.22. The fraction of sp³-hybridized carbons (Fsp3) is 0.133. The van der Waals surface area contributed by atoms with Crippen molar-refractivity contribution in [1.29, 1.82) is 0 Å². The minimum absolute atomic E-state index is 0.264. The van der Waals surface area contributed by atoms with Crippen molar-refractivity contribution in [1.82, 2.24) is 0 Å². The van der Waals surface area contributed by atoms with E-state index < -0.39 is 0 Å². The van der Waals surface area contributed by atoms with E-state index in [2.05, 4.69) is 4.99 Å². The molecule has 3 rings (SSSR count). The second-order valence-electron chi connectivity index (χ2n) is 4.56. The lowest BCUT2D eigenvalue weighted by Gasteiger charge is -2.27. The van der Waals surface area contributed by atoms with Gasteiger partial charge in [0.1, 0.15) is 5.82 Å². The Balaban J connectivity index is 2.06. The molecule has 1 aliphatic heterocycles. The van der Waals surface area contributed by atoms with Gasteiger partial charge in [-0.05, 0) is 18.2 Å². The third kappa shape index (κ3) is 2.12. The molecule has 2 aromatic rings. The molecule has 5 heteroatoms. The summed E-state index contributed by atoms with van der Waals surface area (Å²) in [6, 6.07) is 13.7. The largest absolute Gasteiger partial charge is 0.369 e. The van der Waals surface area contributed by atoms with E-state index in [1.54, 1.807) is 29.2 Å². The van der Waals surface area contributed by atoms with Gasteiger partial charge in [-0.15, -0.1) is 0 Å². The van der Waals surface area contributed by atoms with Crippen LogP contribution in [0.5, 0.6) is 0 Å². The maximum atomic E-state index is 14.0. The zero-order chi connectivity index (χ0) is 14.1. The number of anilines is 1. The second kappa shape index (κ2) is 5.13. The third-order valence-corrected chi connectivity index (χ3v) is 3.68. The topological polar surface area (TPSA) is 41.6 Å². The average molecular weight is 290 g/mol. The maximum Gasteiger partial charge on any atom is 0.196 e. The van der Waals surface area contributed by atoms with Gasteiger partial charge in [0.2, 0.25) is 0 Å². The molecule has 102 valence electrons. The lowest BCUT2D eigenvalue weighted by Crippen LogP contribution is -2.36. The summed E-state index contributed by atoms with van der Waals surface area (Å²) < 4.78 is 14.0. The van der Waals surface area contributed by atoms with Gasteiger partial charge < -0.3 is 10.6 Å². The summed E-state index contributed by atoms with van der Waals surface area (Å²) in [5.41, 5.74) is 7.26. The lowest BCUT2D eigenvalue weighted by atomic mass is 10.0. The number of aliphatic imine (C=N–C) groups is 1. The number of nitrogens with zero attached hydrogens (tertiary/aromatic N) is 2. The van der Waals surface area contributed by atoms with Crippen LogP contribution in [-0.4, -0.2) is 12.5 Å². The van der Waals surface area contributed by atoms with Crippen molar-refractivity contribution >= 4 is 23.2 Å². The van der Waals surface area contributed by atoms with Crippen molar-refractivity contribution in [2.24, 2.45) is 10.7 Å². The van der Waals surface area contributed by atoms with Crippen molar-refractivity contribution in [3.8, 4) is 0 Å². The normalized spacial score (nSPS) is 18.2. The van der Waals surface area contributed by atoms with Gasteiger partial charge in [0.05, 0.1) is 23.3 Å². The highest BCUT2D eigenvalue weighted by molar-refractivity contribution is 6.33. The van der Waals surface area contributed by atoms with E-state index >= 15 is 0 Å². The Kier molecular flexibility index (Phi) is 3.32. The Labute approximate surface area is 121 Å². The highest BCUT2D eigenvalue weighted by atomic mass is 35.5. The summed E-state index contributed by atoms with van der Waals surface area (Å²) in [5, 5.41) is 0.564. The summed E-state index contributed by atoms with van der Waals surface area (Å²) in [4.78, 5) is 6.01. The fourth-order valence-electron chi connectivity index (χ4n) is 2.42.